The summed E-state index contributed by atoms with van der Waals surface area (Å²) >= 11 is 7.37. The maximum atomic E-state index is 12.8. The molecule has 6 nitrogen and oxygen atoms in total. The van der Waals surface area contributed by atoms with Crippen LogP contribution in [0.5, 0.6) is 0 Å². The van der Waals surface area contributed by atoms with Gasteiger partial charge < -0.3 is 10.6 Å². The second-order valence-corrected chi connectivity index (χ2v) is 8.38. The van der Waals surface area contributed by atoms with Crippen LogP contribution in [0.15, 0.2) is 54.6 Å². The SMILES string of the molecule is CC(=O)Nc1cccc(NC(=O)c2cc3c(C)nn(Cc4ccc(Cl)cc4)c3s2)c1. The number of halogens is 1. The third kappa shape index (κ3) is 4.37. The van der Waals surface area contributed by atoms with Crippen LogP contribution in [0.1, 0.15) is 27.9 Å². The highest BCUT2D eigenvalue weighted by atomic mass is 35.5. The van der Waals surface area contributed by atoms with Crippen molar-refractivity contribution in [2.24, 2.45) is 0 Å². The zero-order valence-electron chi connectivity index (χ0n) is 16.4. The summed E-state index contributed by atoms with van der Waals surface area (Å²) in [6, 6.07) is 16.6. The van der Waals surface area contributed by atoms with E-state index in [4.69, 9.17) is 11.6 Å². The summed E-state index contributed by atoms with van der Waals surface area (Å²) in [7, 11) is 0. The van der Waals surface area contributed by atoms with Gasteiger partial charge in [-0.2, -0.15) is 5.10 Å². The molecule has 0 aliphatic carbocycles. The van der Waals surface area contributed by atoms with Crippen molar-refractivity contribution in [3.63, 3.8) is 0 Å². The Morgan fingerprint density at radius 2 is 1.77 bits per heavy atom. The largest absolute Gasteiger partial charge is 0.326 e. The zero-order valence-corrected chi connectivity index (χ0v) is 18.0. The van der Waals surface area contributed by atoms with Gasteiger partial charge in [0.05, 0.1) is 17.1 Å². The Bertz CT molecular complexity index is 1240. The van der Waals surface area contributed by atoms with Crippen molar-refractivity contribution < 1.29 is 9.59 Å². The molecule has 0 aliphatic heterocycles. The minimum atomic E-state index is -0.200. The van der Waals surface area contributed by atoms with Crippen molar-refractivity contribution in [2.45, 2.75) is 20.4 Å². The molecule has 2 aromatic heterocycles. The molecule has 0 saturated heterocycles. The Hall–Kier alpha value is -3.16. The number of aryl methyl sites for hydroxylation is 1. The number of nitrogens with zero attached hydrogens (tertiary/aromatic N) is 2. The number of thiophene rings is 1. The molecule has 0 bridgehead atoms. The van der Waals surface area contributed by atoms with Crippen molar-refractivity contribution in [1.29, 1.82) is 0 Å². The van der Waals surface area contributed by atoms with Gasteiger partial charge in [0.25, 0.3) is 5.91 Å². The Morgan fingerprint density at radius 1 is 1.07 bits per heavy atom. The van der Waals surface area contributed by atoms with Crippen molar-refractivity contribution in [2.75, 3.05) is 10.6 Å². The fourth-order valence-electron chi connectivity index (χ4n) is 3.17. The molecule has 2 N–H and O–H groups in total. The summed E-state index contributed by atoms with van der Waals surface area (Å²) in [5.41, 5.74) is 3.20. The highest BCUT2D eigenvalue weighted by molar-refractivity contribution is 7.20. The van der Waals surface area contributed by atoms with Crippen molar-refractivity contribution in [3.8, 4) is 0 Å². The average molecular weight is 439 g/mol. The number of hydrogen-bond acceptors (Lipinski definition) is 4. The van der Waals surface area contributed by atoms with Gasteiger partial charge in [-0.3, -0.25) is 14.3 Å². The van der Waals surface area contributed by atoms with Crippen LogP contribution in [0.25, 0.3) is 10.2 Å². The summed E-state index contributed by atoms with van der Waals surface area (Å²) in [5, 5.41) is 11.9. The zero-order chi connectivity index (χ0) is 21.3. The van der Waals surface area contributed by atoms with Crippen LogP contribution in [0.3, 0.4) is 0 Å². The molecule has 0 saturated carbocycles. The normalized spacial score (nSPS) is 10.9. The lowest BCUT2D eigenvalue weighted by atomic mass is 10.2. The van der Waals surface area contributed by atoms with E-state index in [1.165, 1.54) is 18.3 Å². The van der Waals surface area contributed by atoms with E-state index in [1.807, 2.05) is 41.9 Å². The van der Waals surface area contributed by atoms with Gasteiger partial charge in [-0.1, -0.05) is 29.8 Å². The predicted octanol–water partition coefficient (Wildman–Crippen LogP) is 5.32. The lowest BCUT2D eigenvalue weighted by Crippen LogP contribution is -2.11. The molecule has 30 heavy (non-hydrogen) atoms. The lowest BCUT2D eigenvalue weighted by Gasteiger charge is -2.07. The molecule has 0 aliphatic rings. The Morgan fingerprint density at radius 3 is 2.47 bits per heavy atom. The first kappa shape index (κ1) is 20.1. The smallest absolute Gasteiger partial charge is 0.265 e. The number of fused-ring (bicyclic) bond motifs is 1. The van der Waals surface area contributed by atoms with Gasteiger partial charge >= 0.3 is 0 Å². The van der Waals surface area contributed by atoms with E-state index >= 15 is 0 Å². The molecule has 152 valence electrons. The molecule has 0 unspecified atom stereocenters. The van der Waals surface area contributed by atoms with Gasteiger partial charge in [0.2, 0.25) is 5.91 Å². The number of carbonyl (C=O) groups excluding carboxylic acids is 2. The van der Waals surface area contributed by atoms with Crippen LogP contribution < -0.4 is 10.6 Å². The molecule has 0 radical (unpaired) electrons. The molecule has 0 spiro atoms. The first-order chi connectivity index (χ1) is 14.4. The topological polar surface area (TPSA) is 76.0 Å². The second-order valence-electron chi connectivity index (χ2n) is 6.92. The Balaban J connectivity index is 1.57. The highest BCUT2D eigenvalue weighted by Gasteiger charge is 2.17. The fourth-order valence-corrected chi connectivity index (χ4v) is 4.35. The lowest BCUT2D eigenvalue weighted by molar-refractivity contribution is -0.114. The standard InChI is InChI=1S/C22H19ClN4O2S/c1-13-19-11-20(21(29)25-18-5-3-4-17(10-18)24-14(2)28)30-22(19)27(26-13)12-15-6-8-16(23)9-7-15/h3-11H,12H2,1-2H3,(H,24,28)(H,25,29). The van der Waals surface area contributed by atoms with E-state index in [0.29, 0.717) is 27.8 Å². The molecule has 2 heterocycles. The van der Waals surface area contributed by atoms with Crippen molar-refractivity contribution >= 4 is 56.3 Å². The minimum absolute atomic E-state index is 0.163. The minimum Gasteiger partial charge on any atom is -0.326 e. The molecule has 2 amide bonds. The number of amides is 2. The van der Waals surface area contributed by atoms with Crippen LogP contribution in [0.2, 0.25) is 5.02 Å². The summed E-state index contributed by atoms with van der Waals surface area (Å²) in [6.07, 6.45) is 0. The molecular weight excluding hydrogens is 420 g/mol. The average Bonchev–Trinajstić information content (AvgIpc) is 3.25. The van der Waals surface area contributed by atoms with Crippen molar-refractivity contribution in [1.82, 2.24) is 9.78 Å². The fraction of sp³-hybridized carbons (Fsp3) is 0.136. The van der Waals surface area contributed by atoms with Gasteiger partial charge in [0, 0.05) is 28.7 Å². The number of hydrogen-bond donors (Lipinski definition) is 2. The maximum absolute atomic E-state index is 12.8. The second kappa shape index (κ2) is 8.30. The van der Waals surface area contributed by atoms with Gasteiger partial charge in [-0.05, 0) is 48.9 Å². The molecule has 8 heteroatoms. The predicted molar refractivity (Wildman–Crippen MR) is 122 cm³/mol. The van der Waals surface area contributed by atoms with Crippen LogP contribution in [0, 0.1) is 6.92 Å². The maximum Gasteiger partial charge on any atom is 0.265 e. The number of benzene rings is 2. The van der Waals surface area contributed by atoms with E-state index < -0.39 is 0 Å². The molecule has 4 rings (SSSR count). The quantitative estimate of drug-likeness (QED) is 0.442. The third-order valence-electron chi connectivity index (χ3n) is 4.52. The summed E-state index contributed by atoms with van der Waals surface area (Å²) in [5.74, 6) is -0.364. The highest BCUT2D eigenvalue weighted by Crippen LogP contribution is 2.30. The first-order valence-corrected chi connectivity index (χ1v) is 10.5. The molecular formula is C22H19ClN4O2S. The molecule has 0 atom stereocenters. The van der Waals surface area contributed by atoms with Gasteiger partial charge in [-0.25, -0.2) is 0 Å². The summed E-state index contributed by atoms with van der Waals surface area (Å²) in [6.45, 7) is 3.98. The van der Waals surface area contributed by atoms with E-state index in [2.05, 4.69) is 15.7 Å². The van der Waals surface area contributed by atoms with E-state index in [1.54, 1.807) is 24.3 Å². The third-order valence-corrected chi connectivity index (χ3v) is 5.92. The van der Waals surface area contributed by atoms with Crippen LogP contribution >= 0.6 is 22.9 Å². The monoisotopic (exact) mass is 438 g/mol. The first-order valence-electron chi connectivity index (χ1n) is 9.29. The number of carbonyl (C=O) groups is 2. The van der Waals surface area contributed by atoms with Crippen LogP contribution in [-0.4, -0.2) is 21.6 Å². The Labute approximate surface area is 182 Å². The number of anilines is 2. The number of rotatable bonds is 5. The Kier molecular flexibility index (Phi) is 5.57. The molecule has 2 aromatic carbocycles. The van der Waals surface area contributed by atoms with Gasteiger partial charge in [0.15, 0.2) is 0 Å². The van der Waals surface area contributed by atoms with E-state index in [0.717, 1.165) is 21.5 Å². The summed E-state index contributed by atoms with van der Waals surface area (Å²) in [4.78, 5) is 25.6. The van der Waals surface area contributed by atoms with E-state index in [9.17, 15) is 9.59 Å². The molecule has 4 aromatic rings. The van der Waals surface area contributed by atoms with Gasteiger partial charge in [0.1, 0.15) is 4.83 Å². The van der Waals surface area contributed by atoms with Gasteiger partial charge in [-0.15, -0.1) is 11.3 Å². The number of nitrogens with one attached hydrogen (secondary N) is 2. The molecule has 0 fully saturated rings. The van der Waals surface area contributed by atoms with Crippen LogP contribution in [-0.2, 0) is 11.3 Å². The van der Waals surface area contributed by atoms with Crippen LogP contribution in [0.4, 0.5) is 11.4 Å². The van der Waals surface area contributed by atoms with E-state index in [-0.39, 0.29) is 11.8 Å². The number of aromatic nitrogens is 2. The summed E-state index contributed by atoms with van der Waals surface area (Å²) < 4.78 is 1.91. The van der Waals surface area contributed by atoms with Crippen molar-refractivity contribution in [3.05, 3.63) is 75.8 Å².